The number of furan rings is 1. The lowest BCUT2D eigenvalue weighted by molar-refractivity contribution is 0.0983. The molecule has 0 atom stereocenters. The van der Waals surface area contributed by atoms with Crippen LogP contribution in [0.25, 0.3) is 10.2 Å². The smallest absolute Gasteiger partial charge is 0.260 e. The molecule has 0 saturated heterocycles. The van der Waals surface area contributed by atoms with Crippen LogP contribution in [0.5, 0.6) is 0 Å². The SMILES string of the molecule is CCCN(CCC)S(=O)(=O)c1ccc(C(=O)N(Cc2ccco2)c2nc3c(F)cccc3s2)cc1. The second-order valence-corrected chi connectivity index (χ2v) is 10.9. The Morgan fingerprint density at radius 1 is 1.03 bits per heavy atom. The van der Waals surface area contributed by atoms with Crippen LogP contribution in [-0.4, -0.2) is 36.7 Å². The first-order chi connectivity index (χ1) is 16.8. The molecular weight excluding hydrogens is 489 g/mol. The molecule has 4 aromatic rings. The average molecular weight is 516 g/mol. The number of carbonyl (C=O) groups excluding carboxylic acids is 1. The summed E-state index contributed by atoms with van der Waals surface area (Å²) in [5, 5.41) is 0.320. The van der Waals surface area contributed by atoms with E-state index in [-0.39, 0.29) is 22.5 Å². The van der Waals surface area contributed by atoms with Crippen molar-refractivity contribution in [3.63, 3.8) is 0 Å². The van der Waals surface area contributed by atoms with E-state index in [1.165, 1.54) is 57.1 Å². The summed E-state index contributed by atoms with van der Waals surface area (Å²) >= 11 is 1.20. The Kier molecular flexibility index (Phi) is 7.63. The topological polar surface area (TPSA) is 83.7 Å². The van der Waals surface area contributed by atoms with Gasteiger partial charge in [0.1, 0.15) is 17.1 Å². The summed E-state index contributed by atoms with van der Waals surface area (Å²) in [6.45, 7) is 4.82. The molecule has 0 aliphatic carbocycles. The maximum atomic E-state index is 14.3. The molecule has 2 heterocycles. The molecule has 0 N–H and O–H groups in total. The van der Waals surface area contributed by atoms with Gasteiger partial charge in [-0.15, -0.1) is 0 Å². The number of carbonyl (C=O) groups is 1. The Balaban J connectivity index is 1.67. The average Bonchev–Trinajstić information content (AvgIpc) is 3.52. The fourth-order valence-corrected chi connectivity index (χ4v) is 6.33. The van der Waals surface area contributed by atoms with Crippen LogP contribution in [0, 0.1) is 5.82 Å². The van der Waals surface area contributed by atoms with Gasteiger partial charge in [0.2, 0.25) is 10.0 Å². The highest BCUT2D eigenvalue weighted by molar-refractivity contribution is 7.89. The second-order valence-electron chi connectivity index (χ2n) is 7.98. The Hall–Kier alpha value is -3.08. The number of aromatic nitrogens is 1. The molecule has 0 unspecified atom stereocenters. The molecule has 2 aromatic heterocycles. The van der Waals surface area contributed by atoms with Crippen molar-refractivity contribution in [3.8, 4) is 0 Å². The first-order valence-electron chi connectivity index (χ1n) is 11.3. The minimum absolute atomic E-state index is 0.0914. The molecule has 0 spiro atoms. The summed E-state index contributed by atoms with van der Waals surface area (Å²) in [6.07, 6.45) is 2.93. The molecule has 0 saturated carbocycles. The van der Waals surface area contributed by atoms with E-state index in [0.717, 1.165) is 0 Å². The molecule has 7 nitrogen and oxygen atoms in total. The number of amides is 1. The quantitative estimate of drug-likeness (QED) is 0.271. The van der Waals surface area contributed by atoms with Gasteiger partial charge >= 0.3 is 0 Å². The Labute approximate surface area is 207 Å². The molecule has 0 bridgehead atoms. The van der Waals surface area contributed by atoms with Gasteiger partial charge in [-0.3, -0.25) is 9.69 Å². The molecule has 1 amide bonds. The third-order valence-electron chi connectivity index (χ3n) is 5.41. The van der Waals surface area contributed by atoms with Gasteiger partial charge < -0.3 is 4.42 Å². The number of rotatable bonds is 10. The van der Waals surface area contributed by atoms with Crippen LogP contribution in [-0.2, 0) is 16.6 Å². The highest BCUT2D eigenvalue weighted by atomic mass is 32.2. The fraction of sp³-hybridized carbons (Fsp3) is 0.280. The summed E-state index contributed by atoms with van der Waals surface area (Å²) in [5.41, 5.74) is 0.478. The first kappa shape index (κ1) is 25.0. The van der Waals surface area contributed by atoms with Crippen molar-refractivity contribution in [2.24, 2.45) is 0 Å². The lowest BCUT2D eigenvalue weighted by Crippen LogP contribution is -2.33. The van der Waals surface area contributed by atoms with Crippen LogP contribution < -0.4 is 4.90 Å². The van der Waals surface area contributed by atoms with E-state index in [4.69, 9.17) is 4.42 Å². The van der Waals surface area contributed by atoms with E-state index in [1.54, 1.807) is 24.3 Å². The lowest BCUT2D eigenvalue weighted by Gasteiger charge is -2.21. The molecular formula is C25H26FN3O4S2. The molecule has 184 valence electrons. The van der Waals surface area contributed by atoms with Gasteiger partial charge in [-0.05, 0) is 61.4 Å². The number of benzene rings is 2. The maximum Gasteiger partial charge on any atom is 0.260 e. The van der Waals surface area contributed by atoms with Crippen LogP contribution in [0.1, 0.15) is 42.8 Å². The van der Waals surface area contributed by atoms with E-state index < -0.39 is 21.7 Å². The van der Waals surface area contributed by atoms with Crippen LogP contribution in [0.15, 0.2) is 70.2 Å². The van der Waals surface area contributed by atoms with Crippen molar-refractivity contribution < 1.29 is 22.0 Å². The fourth-order valence-electron chi connectivity index (χ4n) is 3.73. The Bertz CT molecular complexity index is 1390. The van der Waals surface area contributed by atoms with Gasteiger partial charge in [-0.25, -0.2) is 17.8 Å². The highest BCUT2D eigenvalue weighted by Crippen LogP contribution is 2.32. The number of hydrogen-bond acceptors (Lipinski definition) is 6. The summed E-state index contributed by atoms with van der Waals surface area (Å²) in [5.74, 6) is -0.329. The van der Waals surface area contributed by atoms with Crippen molar-refractivity contribution in [1.82, 2.24) is 9.29 Å². The predicted octanol–water partition coefficient (Wildman–Crippen LogP) is 5.69. The third kappa shape index (κ3) is 5.29. The van der Waals surface area contributed by atoms with E-state index in [9.17, 15) is 17.6 Å². The summed E-state index contributed by atoms with van der Waals surface area (Å²) in [7, 11) is -3.66. The molecule has 4 rings (SSSR count). The van der Waals surface area contributed by atoms with Gasteiger partial charge in [0, 0.05) is 18.7 Å². The standard InChI is InChI=1S/C25H26FN3O4S2/c1-3-14-28(15-4-2)35(31,32)20-12-10-18(11-13-20)24(30)29(17-19-7-6-16-33-19)25-27-23-21(26)8-5-9-22(23)34-25/h5-13,16H,3-4,14-15,17H2,1-2H3. The number of halogens is 1. The highest BCUT2D eigenvalue weighted by Gasteiger charge is 2.26. The zero-order valence-electron chi connectivity index (χ0n) is 19.5. The number of thiazole rings is 1. The Morgan fingerprint density at radius 2 is 1.74 bits per heavy atom. The first-order valence-corrected chi connectivity index (χ1v) is 13.6. The number of para-hydroxylation sites is 1. The summed E-state index contributed by atoms with van der Waals surface area (Å²) in [4.78, 5) is 19.4. The third-order valence-corrected chi connectivity index (χ3v) is 8.37. The Morgan fingerprint density at radius 3 is 2.34 bits per heavy atom. The number of anilines is 1. The van der Waals surface area contributed by atoms with Gasteiger partial charge in [0.05, 0.1) is 22.4 Å². The zero-order chi connectivity index (χ0) is 25.0. The van der Waals surface area contributed by atoms with E-state index in [1.807, 2.05) is 13.8 Å². The normalized spacial score (nSPS) is 11.9. The van der Waals surface area contributed by atoms with Crippen LogP contribution in [0.4, 0.5) is 9.52 Å². The summed E-state index contributed by atoms with van der Waals surface area (Å²) in [6, 6.07) is 14.0. The number of hydrogen-bond donors (Lipinski definition) is 0. The molecule has 10 heteroatoms. The van der Waals surface area contributed by atoms with E-state index in [0.29, 0.717) is 41.5 Å². The number of sulfonamides is 1. The monoisotopic (exact) mass is 515 g/mol. The minimum Gasteiger partial charge on any atom is -0.467 e. The van der Waals surface area contributed by atoms with Crippen LogP contribution >= 0.6 is 11.3 Å². The number of fused-ring (bicyclic) bond motifs is 1. The molecule has 0 radical (unpaired) electrons. The van der Waals surface area contributed by atoms with Gasteiger partial charge in [-0.2, -0.15) is 4.31 Å². The van der Waals surface area contributed by atoms with Gasteiger partial charge in [0.15, 0.2) is 5.13 Å². The molecule has 0 aliphatic rings. The van der Waals surface area contributed by atoms with Crippen molar-refractivity contribution in [3.05, 3.63) is 78.0 Å². The second kappa shape index (κ2) is 10.7. The summed E-state index contributed by atoms with van der Waals surface area (Å²) < 4.78 is 47.9. The largest absolute Gasteiger partial charge is 0.467 e. The van der Waals surface area contributed by atoms with Gasteiger partial charge in [-0.1, -0.05) is 31.3 Å². The maximum absolute atomic E-state index is 14.3. The molecule has 2 aromatic carbocycles. The van der Waals surface area contributed by atoms with Crippen molar-refractivity contribution in [2.45, 2.75) is 38.1 Å². The van der Waals surface area contributed by atoms with Gasteiger partial charge in [0.25, 0.3) is 5.91 Å². The predicted molar refractivity (Wildman–Crippen MR) is 135 cm³/mol. The van der Waals surface area contributed by atoms with Crippen molar-refractivity contribution in [2.75, 3.05) is 18.0 Å². The van der Waals surface area contributed by atoms with E-state index in [2.05, 4.69) is 4.98 Å². The van der Waals surface area contributed by atoms with Crippen LogP contribution in [0.3, 0.4) is 0 Å². The lowest BCUT2D eigenvalue weighted by atomic mass is 10.2. The van der Waals surface area contributed by atoms with E-state index >= 15 is 0 Å². The molecule has 35 heavy (non-hydrogen) atoms. The van der Waals surface area contributed by atoms with Crippen LogP contribution in [0.2, 0.25) is 0 Å². The number of nitrogens with zero attached hydrogens (tertiary/aromatic N) is 3. The minimum atomic E-state index is -3.66. The zero-order valence-corrected chi connectivity index (χ0v) is 21.1. The molecule has 0 aliphatic heterocycles. The van der Waals surface area contributed by atoms with Crippen molar-refractivity contribution in [1.29, 1.82) is 0 Å². The van der Waals surface area contributed by atoms with Crippen molar-refractivity contribution >= 4 is 42.6 Å². The molecule has 0 fully saturated rings.